The molecule has 5 heteroatoms. The van der Waals surface area contributed by atoms with E-state index >= 15 is 0 Å². The Kier molecular flexibility index (Phi) is 5.04. The Balaban J connectivity index is 1.84. The Morgan fingerprint density at radius 2 is 1.61 bits per heavy atom. The van der Waals surface area contributed by atoms with Crippen molar-refractivity contribution in [3.63, 3.8) is 0 Å². The van der Waals surface area contributed by atoms with Gasteiger partial charge in [0.25, 0.3) is 0 Å². The molecule has 0 spiro atoms. The number of para-hydroxylation sites is 1. The first-order chi connectivity index (χ1) is 16.1. The van der Waals surface area contributed by atoms with Crippen molar-refractivity contribution in [2.24, 2.45) is 0 Å². The van der Waals surface area contributed by atoms with Crippen molar-refractivity contribution in [3.05, 3.63) is 118 Å². The molecule has 1 aliphatic heterocycles. The molecule has 160 valence electrons. The van der Waals surface area contributed by atoms with E-state index in [2.05, 4.69) is 12.0 Å². The van der Waals surface area contributed by atoms with E-state index < -0.39 is 11.4 Å². The van der Waals surface area contributed by atoms with Crippen LogP contribution in [0.25, 0.3) is 16.5 Å². The van der Waals surface area contributed by atoms with Gasteiger partial charge in [-0.05, 0) is 18.2 Å². The van der Waals surface area contributed by atoms with E-state index in [1.54, 1.807) is 61.5 Å². The summed E-state index contributed by atoms with van der Waals surface area (Å²) in [5.41, 5.74) is 1.17. The molecule has 4 aromatic rings. The first-order valence-electron chi connectivity index (χ1n) is 10.4. The number of hydrogen-bond acceptors (Lipinski definition) is 5. The summed E-state index contributed by atoms with van der Waals surface area (Å²) in [6, 6.07) is 25.0. The molecule has 2 heterocycles. The fourth-order valence-electron chi connectivity index (χ4n) is 3.94. The summed E-state index contributed by atoms with van der Waals surface area (Å²) >= 11 is 0. The number of allylic oxidation sites excluding steroid dienone is 1. The minimum Gasteiger partial charge on any atom is -0.442 e. The van der Waals surface area contributed by atoms with Gasteiger partial charge in [0.15, 0.2) is 11.5 Å². The first kappa shape index (κ1) is 20.3. The quantitative estimate of drug-likeness (QED) is 0.189. The summed E-state index contributed by atoms with van der Waals surface area (Å²) in [5, 5.41) is 0.594. The van der Waals surface area contributed by atoms with Crippen LogP contribution in [0.3, 0.4) is 0 Å². The second-order valence-corrected chi connectivity index (χ2v) is 7.42. The molecule has 1 aliphatic rings. The Morgan fingerprint density at radius 1 is 0.939 bits per heavy atom. The van der Waals surface area contributed by atoms with E-state index in [4.69, 9.17) is 13.9 Å². The largest absolute Gasteiger partial charge is 0.442 e. The standard InChI is InChI=1S/C28H18O5/c1-2-17-31-28(20-13-7-4-8-14-20)22(18-23(29)19-11-5-3-6-12-19)25-26(33-28)21-15-9-10-16-24(21)32-27(25)30/h3-16,18H,1H3. The van der Waals surface area contributed by atoms with Crippen molar-refractivity contribution in [3.8, 4) is 17.8 Å². The van der Waals surface area contributed by atoms with E-state index in [9.17, 15) is 9.59 Å². The first-order valence-corrected chi connectivity index (χ1v) is 10.4. The average Bonchev–Trinajstić information content (AvgIpc) is 3.19. The molecule has 0 saturated heterocycles. The number of ketones is 1. The van der Waals surface area contributed by atoms with Crippen molar-refractivity contribution >= 4 is 22.3 Å². The van der Waals surface area contributed by atoms with Gasteiger partial charge in [0.1, 0.15) is 17.3 Å². The molecule has 0 N–H and O–H groups in total. The molecule has 5 nitrogen and oxygen atoms in total. The molecule has 0 amide bonds. The monoisotopic (exact) mass is 434 g/mol. The number of ether oxygens (including phenoxy) is 2. The van der Waals surface area contributed by atoms with Crippen molar-refractivity contribution in [2.75, 3.05) is 0 Å². The van der Waals surface area contributed by atoms with Crippen LogP contribution in [-0.2, 0) is 10.5 Å². The van der Waals surface area contributed by atoms with E-state index in [0.717, 1.165) is 0 Å². The second kappa shape index (κ2) is 8.18. The molecular weight excluding hydrogens is 416 g/mol. The Labute approximate surface area is 189 Å². The van der Waals surface area contributed by atoms with Crippen LogP contribution in [0.4, 0.5) is 0 Å². The molecule has 3 aromatic carbocycles. The molecule has 5 rings (SSSR count). The van der Waals surface area contributed by atoms with Gasteiger partial charge in [-0.25, -0.2) is 4.79 Å². The molecule has 0 radical (unpaired) electrons. The van der Waals surface area contributed by atoms with Gasteiger partial charge in [-0.1, -0.05) is 78.7 Å². The molecule has 1 aromatic heterocycles. The number of fused-ring (bicyclic) bond motifs is 3. The normalized spacial score (nSPS) is 17.7. The Hall–Kier alpha value is -4.56. The maximum Gasteiger partial charge on any atom is 0.347 e. The van der Waals surface area contributed by atoms with Gasteiger partial charge in [-0.2, -0.15) is 0 Å². The zero-order valence-corrected chi connectivity index (χ0v) is 17.7. The van der Waals surface area contributed by atoms with Crippen LogP contribution in [0.15, 0.2) is 100 Å². The highest BCUT2D eigenvalue weighted by Crippen LogP contribution is 2.51. The molecule has 0 saturated carbocycles. The highest BCUT2D eigenvalue weighted by Gasteiger charge is 2.51. The molecule has 1 unspecified atom stereocenters. The number of carbonyl (C=O) groups excluding carboxylic acids is 1. The van der Waals surface area contributed by atoms with Gasteiger partial charge in [0.05, 0.1) is 11.0 Å². The van der Waals surface area contributed by atoms with E-state index in [1.165, 1.54) is 6.08 Å². The van der Waals surface area contributed by atoms with Crippen LogP contribution in [0.2, 0.25) is 0 Å². The average molecular weight is 434 g/mol. The van der Waals surface area contributed by atoms with Crippen molar-refractivity contribution in [2.45, 2.75) is 12.7 Å². The zero-order chi connectivity index (χ0) is 22.8. The third kappa shape index (κ3) is 3.38. The van der Waals surface area contributed by atoms with Crippen LogP contribution in [-0.4, -0.2) is 5.78 Å². The maximum absolute atomic E-state index is 13.2. The zero-order valence-electron chi connectivity index (χ0n) is 17.7. The third-order valence-corrected chi connectivity index (χ3v) is 5.42. The predicted octanol–water partition coefficient (Wildman–Crippen LogP) is 5.30. The third-order valence-electron chi connectivity index (χ3n) is 5.42. The summed E-state index contributed by atoms with van der Waals surface area (Å²) < 4.78 is 18.0. The number of rotatable bonds is 4. The minimum absolute atomic E-state index is 0.139. The van der Waals surface area contributed by atoms with Crippen LogP contribution < -0.4 is 10.4 Å². The molecule has 0 aliphatic carbocycles. The number of carbonyl (C=O) groups is 1. The summed E-state index contributed by atoms with van der Waals surface area (Å²) in [7, 11) is 0. The number of hydrogen-bond donors (Lipinski definition) is 0. The van der Waals surface area contributed by atoms with Crippen LogP contribution in [0.5, 0.6) is 5.75 Å². The highest BCUT2D eigenvalue weighted by molar-refractivity contribution is 6.10. The van der Waals surface area contributed by atoms with E-state index in [0.29, 0.717) is 22.1 Å². The summed E-state index contributed by atoms with van der Waals surface area (Å²) in [6.07, 6.45) is 3.99. The van der Waals surface area contributed by atoms with Crippen molar-refractivity contribution in [1.82, 2.24) is 0 Å². The smallest absolute Gasteiger partial charge is 0.347 e. The molecule has 33 heavy (non-hydrogen) atoms. The minimum atomic E-state index is -1.63. The lowest BCUT2D eigenvalue weighted by atomic mass is 9.92. The SMILES string of the molecule is CC#COC1(c2ccccc2)Oc2c(c(=O)oc3ccccc23)C1=CC(=O)c1ccccc1. The van der Waals surface area contributed by atoms with Crippen molar-refractivity contribution in [1.29, 1.82) is 0 Å². The predicted molar refractivity (Wildman–Crippen MR) is 125 cm³/mol. The lowest BCUT2D eigenvalue weighted by molar-refractivity contribution is -0.0793. The fourth-order valence-corrected chi connectivity index (χ4v) is 3.94. The highest BCUT2D eigenvalue weighted by atomic mass is 16.7. The topological polar surface area (TPSA) is 65.7 Å². The maximum atomic E-state index is 13.2. The lowest BCUT2D eigenvalue weighted by Gasteiger charge is -2.28. The van der Waals surface area contributed by atoms with E-state index in [1.807, 2.05) is 30.3 Å². The summed E-state index contributed by atoms with van der Waals surface area (Å²) in [6.45, 7) is 1.63. The van der Waals surface area contributed by atoms with Gasteiger partial charge < -0.3 is 13.9 Å². The van der Waals surface area contributed by atoms with Gasteiger partial charge in [-0.15, -0.1) is 0 Å². The van der Waals surface area contributed by atoms with Gasteiger partial charge in [0, 0.05) is 18.1 Å². The lowest BCUT2D eigenvalue weighted by Crippen LogP contribution is -2.33. The summed E-state index contributed by atoms with van der Waals surface area (Å²) in [5.74, 6) is 1.06. The van der Waals surface area contributed by atoms with Gasteiger partial charge in [0.2, 0.25) is 0 Å². The second-order valence-electron chi connectivity index (χ2n) is 7.42. The Bertz CT molecular complexity index is 1500. The van der Waals surface area contributed by atoms with Gasteiger partial charge >= 0.3 is 11.4 Å². The van der Waals surface area contributed by atoms with Crippen LogP contribution in [0.1, 0.15) is 28.4 Å². The molecular formula is C28H18O5. The van der Waals surface area contributed by atoms with Gasteiger partial charge in [-0.3, -0.25) is 4.79 Å². The number of benzene rings is 3. The van der Waals surface area contributed by atoms with Crippen molar-refractivity contribution < 1.29 is 18.7 Å². The molecule has 0 bridgehead atoms. The molecule has 0 fully saturated rings. The van der Waals surface area contributed by atoms with Crippen LogP contribution >= 0.6 is 0 Å². The van der Waals surface area contributed by atoms with Crippen LogP contribution in [0, 0.1) is 12.0 Å². The van der Waals surface area contributed by atoms with E-state index in [-0.39, 0.29) is 22.7 Å². The fraction of sp³-hybridized carbons (Fsp3) is 0.0714. The Morgan fingerprint density at radius 3 is 2.33 bits per heavy atom. The summed E-state index contributed by atoms with van der Waals surface area (Å²) in [4.78, 5) is 26.4. The molecule has 1 atom stereocenters.